The number of nitrogens with one attached hydrogen (secondary N) is 3. The van der Waals surface area contributed by atoms with E-state index in [0.717, 1.165) is 12.8 Å². The monoisotopic (exact) mass is 365 g/mol. The van der Waals surface area contributed by atoms with Crippen LogP contribution in [0.4, 0.5) is 0 Å². The third-order valence-electron chi connectivity index (χ3n) is 5.15. The summed E-state index contributed by atoms with van der Waals surface area (Å²) in [6, 6.07) is 0.555. The van der Waals surface area contributed by atoms with E-state index in [9.17, 15) is 19.6 Å². The van der Waals surface area contributed by atoms with Crippen LogP contribution < -0.4 is 16.0 Å². The molecule has 3 amide bonds. The highest BCUT2D eigenvalue weighted by Gasteiger charge is 2.46. The third-order valence-corrected chi connectivity index (χ3v) is 6.51. The van der Waals surface area contributed by atoms with Crippen molar-refractivity contribution in [1.82, 2.24) is 20.9 Å². The number of amides is 3. The molecule has 3 fully saturated rings. The lowest BCUT2D eigenvalue weighted by Gasteiger charge is -2.36. The highest BCUT2D eigenvalue weighted by atomic mass is 32.2. The van der Waals surface area contributed by atoms with Crippen molar-refractivity contribution in [3.05, 3.63) is 0 Å². The molecule has 0 aromatic rings. The zero-order chi connectivity index (χ0) is 18.0. The van der Waals surface area contributed by atoms with Crippen molar-refractivity contribution in [2.24, 2.45) is 5.92 Å². The molecule has 5 atom stereocenters. The molecule has 0 aliphatic carbocycles. The van der Waals surface area contributed by atoms with E-state index in [1.54, 1.807) is 23.7 Å². The maximum absolute atomic E-state index is 12.7. The number of nitrogens with zero attached hydrogens (tertiary/aromatic N) is 2. The van der Waals surface area contributed by atoms with Crippen LogP contribution in [0.15, 0.2) is 0 Å². The molecule has 3 aliphatic rings. The lowest BCUT2D eigenvalue weighted by molar-refractivity contribution is -0.143. The third kappa shape index (κ3) is 3.60. The van der Waals surface area contributed by atoms with Crippen LogP contribution in [0.2, 0.25) is 0 Å². The maximum Gasteiger partial charge on any atom is 0.244 e. The Morgan fingerprint density at radius 3 is 2.88 bits per heavy atom. The van der Waals surface area contributed by atoms with E-state index in [2.05, 4.69) is 22.0 Å². The summed E-state index contributed by atoms with van der Waals surface area (Å²) in [6.45, 7) is 0.615. The molecule has 0 radical (unpaired) electrons. The van der Waals surface area contributed by atoms with Crippen molar-refractivity contribution in [1.29, 1.82) is 5.26 Å². The molecule has 3 saturated heterocycles. The fraction of sp³-hybridized carbons (Fsp3) is 0.750. The molecule has 3 rings (SSSR count). The number of carbonyl (C=O) groups is 3. The van der Waals surface area contributed by atoms with Gasteiger partial charge in [0.25, 0.3) is 0 Å². The number of hydrogen-bond acceptors (Lipinski definition) is 6. The lowest BCUT2D eigenvalue weighted by atomic mass is 9.98. The van der Waals surface area contributed by atoms with E-state index in [0.29, 0.717) is 25.1 Å². The summed E-state index contributed by atoms with van der Waals surface area (Å²) in [4.78, 5) is 38.6. The Kier molecular flexibility index (Phi) is 5.49. The normalized spacial score (nSPS) is 32.7. The van der Waals surface area contributed by atoms with Gasteiger partial charge in [-0.2, -0.15) is 5.26 Å². The molecule has 0 bridgehead atoms. The van der Waals surface area contributed by atoms with Gasteiger partial charge >= 0.3 is 0 Å². The Hall–Kier alpha value is -1.79. The van der Waals surface area contributed by atoms with Crippen LogP contribution in [0, 0.1) is 17.2 Å². The van der Waals surface area contributed by atoms with Crippen molar-refractivity contribution in [2.45, 2.75) is 49.2 Å². The smallest absolute Gasteiger partial charge is 0.244 e. The van der Waals surface area contributed by atoms with E-state index >= 15 is 0 Å². The molecule has 0 spiro atoms. The molecule has 9 heteroatoms. The molecule has 3 heterocycles. The summed E-state index contributed by atoms with van der Waals surface area (Å²) in [5, 5.41) is 17.8. The average Bonchev–Trinajstić information content (AvgIpc) is 3.21. The molecule has 3 aliphatic heterocycles. The van der Waals surface area contributed by atoms with E-state index in [4.69, 9.17) is 0 Å². The molecule has 0 saturated carbocycles. The highest BCUT2D eigenvalue weighted by molar-refractivity contribution is 8.00. The summed E-state index contributed by atoms with van der Waals surface area (Å²) in [5.41, 5.74) is 0. The molecular weight excluding hydrogens is 342 g/mol. The van der Waals surface area contributed by atoms with Crippen molar-refractivity contribution in [3.8, 4) is 6.07 Å². The van der Waals surface area contributed by atoms with Gasteiger partial charge in [-0.25, -0.2) is 0 Å². The Bertz CT molecular complexity index is 607. The number of likely N-dealkylation sites (N-methyl/N-ethyl adjacent to an activating group) is 1. The highest BCUT2D eigenvalue weighted by Crippen LogP contribution is 2.36. The number of carbonyl (C=O) groups excluding carboxylic acids is 3. The second-order valence-electron chi connectivity index (χ2n) is 6.67. The van der Waals surface area contributed by atoms with Gasteiger partial charge in [0.05, 0.1) is 17.5 Å². The fourth-order valence-electron chi connectivity index (χ4n) is 3.73. The standard InChI is InChI=1S/C16H23N5O3S/c1-18-11-2-3-13-21(16(11)24)12(8-25-13)15(23)20-10(7-17)6-9-4-5-19-14(9)22/h9-13,18H,2-6,8H2,1H3,(H,19,22)(H,20,23)/t9-,10-,11-,12-,13-/m0/s1. The van der Waals surface area contributed by atoms with E-state index < -0.39 is 12.1 Å². The SMILES string of the molecule is CN[C@H]1CC[C@@H]2SC[C@@H](C(=O)N[C@H](C#N)C[C@@H]3CCNC3=O)N2C1=O. The summed E-state index contributed by atoms with van der Waals surface area (Å²) in [6.07, 6.45) is 2.62. The van der Waals surface area contributed by atoms with Crippen LogP contribution in [0.1, 0.15) is 25.7 Å². The molecular formula is C16H23N5O3S. The van der Waals surface area contributed by atoms with E-state index in [1.165, 1.54) is 0 Å². The molecule has 0 unspecified atom stereocenters. The second-order valence-corrected chi connectivity index (χ2v) is 7.88. The molecule has 25 heavy (non-hydrogen) atoms. The van der Waals surface area contributed by atoms with Crippen LogP contribution in [0.5, 0.6) is 0 Å². The zero-order valence-corrected chi connectivity index (χ0v) is 15.0. The molecule has 0 aromatic heterocycles. The van der Waals surface area contributed by atoms with Gasteiger partial charge < -0.3 is 20.9 Å². The Balaban J connectivity index is 1.62. The Labute approximate surface area is 151 Å². The van der Waals surface area contributed by atoms with Crippen LogP contribution >= 0.6 is 11.8 Å². The predicted molar refractivity (Wildman–Crippen MR) is 92.2 cm³/mol. The molecule has 136 valence electrons. The van der Waals surface area contributed by atoms with Gasteiger partial charge in [0.1, 0.15) is 12.1 Å². The van der Waals surface area contributed by atoms with Gasteiger partial charge in [-0.3, -0.25) is 14.4 Å². The minimum absolute atomic E-state index is 0.0361. The van der Waals surface area contributed by atoms with Crippen LogP contribution in [-0.2, 0) is 14.4 Å². The largest absolute Gasteiger partial charge is 0.356 e. The summed E-state index contributed by atoms with van der Waals surface area (Å²) < 4.78 is 0. The minimum atomic E-state index is -0.717. The van der Waals surface area contributed by atoms with E-state index in [-0.39, 0.29) is 35.1 Å². The summed E-state index contributed by atoms with van der Waals surface area (Å²) in [7, 11) is 1.75. The second kappa shape index (κ2) is 7.62. The van der Waals surface area contributed by atoms with Gasteiger partial charge in [-0.15, -0.1) is 11.8 Å². The first-order chi connectivity index (χ1) is 12.0. The number of rotatable bonds is 5. The topological polar surface area (TPSA) is 114 Å². The number of hydrogen-bond donors (Lipinski definition) is 3. The van der Waals surface area contributed by atoms with Gasteiger partial charge in [0.2, 0.25) is 17.7 Å². The quantitative estimate of drug-likeness (QED) is 0.586. The molecule has 0 aromatic carbocycles. The predicted octanol–water partition coefficient (Wildman–Crippen LogP) is -0.827. The molecule has 3 N–H and O–H groups in total. The van der Waals surface area contributed by atoms with Gasteiger partial charge in [0.15, 0.2) is 0 Å². The number of nitriles is 1. The number of fused-ring (bicyclic) bond motifs is 1. The van der Waals surface area contributed by atoms with Crippen molar-refractivity contribution in [2.75, 3.05) is 19.3 Å². The van der Waals surface area contributed by atoms with Crippen molar-refractivity contribution >= 4 is 29.5 Å². The number of thioether (sulfide) groups is 1. The minimum Gasteiger partial charge on any atom is -0.356 e. The Morgan fingerprint density at radius 1 is 1.44 bits per heavy atom. The van der Waals surface area contributed by atoms with Crippen LogP contribution in [-0.4, -0.2) is 65.5 Å². The van der Waals surface area contributed by atoms with E-state index in [1.807, 2.05) is 0 Å². The fourth-order valence-corrected chi connectivity index (χ4v) is 5.16. The van der Waals surface area contributed by atoms with Crippen LogP contribution in [0.25, 0.3) is 0 Å². The summed E-state index contributed by atoms with van der Waals surface area (Å²) >= 11 is 1.62. The Morgan fingerprint density at radius 2 is 2.24 bits per heavy atom. The first-order valence-corrected chi connectivity index (χ1v) is 9.68. The van der Waals surface area contributed by atoms with Crippen LogP contribution in [0.3, 0.4) is 0 Å². The number of piperidine rings is 1. The lowest BCUT2D eigenvalue weighted by Crippen LogP contribution is -2.58. The average molecular weight is 365 g/mol. The van der Waals surface area contributed by atoms with Crippen molar-refractivity contribution in [3.63, 3.8) is 0 Å². The van der Waals surface area contributed by atoms with Crippen molar-refractivity contribution < 1.29 is 14.4 Å². The first-order valence-electron chi connectivity index (χ1n) is 8.64. The maximum atomic E-state index is 12.7. The zero-order valence-electron chi connectivity index (χ0n) is 14.2. The summed E-state index contributed by atoms with van der Waals surface area (Å²) in [5.74, 6) is -0.103. The first kappa shape index (κ1) is 18.0. The van der Waals surface area contributed by atoms with Gasteiger partial charge in [0, 0.05) is 18.2 Å². The molecule has 8 nitrogen and oxygen atoms in total. The van der Waals surface area contributed by atoms with Gasteiger partial charge in [-0.1, -0.05) is 0 Å². The van der Waals surface area contributed by atoms with Gasteiger partial charge in [-0.05, 0) is 32.7 Å².